The third-order valence-corrected chi connectivity index (χ3v) is 5.72. The van der Waals surface area contributed by atoms with E-state index in [1.165, 1.54) is 5.56 Å². The van der Waals surface area contributed by atoms with Crippen molar-refractivity contribution in [3.05, 3.63) is 30.1 Å². The number of carbonyl (C=O) groups is 3. The number of nitrogens with zero attached hydrogens (tertiary/aromatic N) is 3. The van der Waals surface area contributed by atoms with Crippen LogP contribution in [-0.2, 0) is 16.0 Å². The maximum absolute atomic E-state index is 12.6. The van der Waals surface area contributed by atoms with Crippen molar-refractivity contribution in [2.75, 3.05) is 19.6 Å². The van der Waals surface area contributed by atoms with Crippen LogP contribution in [0.4, 0.5) is 4.79 Å². The van der Waals surface area contributed by atoms with Crippen LogP contribution in [0, 0.1) is 5.92 Å². The standard InChI is InChI=1S/C21H30N4O3/c1-16(2)15-25-20(28)23-19(27)21(25)9-12-24(13-10-21)18(26)8-4-3-6-17-7-5-11-22-14-17/h5,7,11,14,16H,3-4,6,8-10,12-13,15H2,1-2H3,(H,23,27,28). The molecular formula is C21H30N4O3. The summed E-state index contributed by atoms with van der Waals surface area (Å²) in [6, 6.07) is 3.68. The zero-order valence-corrected chi connectivity index (χ0v) is 16.8. The predicted molar refractivity (Wildman–Crippen MR) is 105 cm³/mol. The van der Waals surface area contributed by atoms with Gasteiger partial charge in [-0.3, -0.25) is 19.9 Å². The van der Waals surface area contributed by atoms with E-state index in [1.807, 2.05) is 31.0 Å². The average molecular weight is 386 g/mol. The van der Waals surface area contributed by atoms with Crippen LogP contribution in [0.3, 0.4) is 0 Å². The highest BCUT2D eigenvalue weighted by Crippen LogP contribution is 2.34. The SMILES string of the molecule is CC(C)CN1C(=O)NC(=O)C12CCN(C(=O)CCCCc1cccnc1)CC2. The van der Waals surface area contributed by atoms with E-state index in [9.17, 15) is 14.4 Å². The lowest BCUT2D eigenvalue weighted by atomic mass is 9.85. The molecular weight excluding hydrogens is 356 g/mol. The zero-order chi connectivity index (χ0) is 20.1. The van der Waals surface area contributed by atoms with Gasteiger partial charge in [0.15, 0.2) is 0 Å². The summed E-state index contributed by atoms with van der Waals surface area (Å²) < 4.78 is 0. The van der Waals surface area contributed by atoms with Crippen molar-refractivity contribution in [1.29, 1.82) is 0 Å². The lowest BCUT2D eigenvalue weighted by Gasteiger charge is -2.42. The maximum Gasteiger partial charge on any atom is 0.325 e. The smallest absolute Gasteiger partial charge is 0.325 e. The largest absolute Gasteiger partial charge is 0.342 e. The Balaban J connectivity index is 1.48. The monoisotopic (exact) mass is 386 g/mol. The highest BCUT2D eigenvalue weighted by Gasteiger charge is 2.54. The summed E-state index contributed by atoms with van der Waals surface area (Å²) in [7, 11) is 0. The first-order valence-corrected chi connectivity index (χ1v) is 10.2. The summed E-state index contributed by atoms with van der Waals surface area (Å²) in [6.45, 7) is 5.68. The Morgan fingerprint density at radius 2 is 2.00 bits per heavy atom. The molecule has 3 rings (SSSR count). The Hall–Kier alpha value is -2.44. The second kappa shape index (κ2) is 8.71. The molecule has 0 aromatic carbocycles. The molecule has 0 atom stereocenters. The van der Waals surface area contributed by atoms with Crippen LogP contribution in [0.5, 0.6) is 0 Å². The molecule has 2 aliphatic heterocycles. The summed E-state index contributed by atoms with van der Waals surface area (Å²) in [5, 5.41) is 2.47. The molecule has 0 saturated carbocycles. The fourth-order valence-corrected chi connectivity index (χ4v) is 4.15. The summed E-state index contributed by atoms with van der Waals surface area (Å²) in [5.74, 6) is 0.218. The second-order valence-electron chi connectivity index (χ2n) is 8.24. The predicted octanol–water partition coefficient (Wildman–Crippen LogP) is 2.36. The van der Waals surface area contributed by atoms with Crippen LogP contribution in [0.15, 0.2) is 24.5 Å². The zero-order valence-electron chi connectivity index (χ0n) is 16.8. The van der Waals surface area contributed by atoms with Crippen LogP contribution in [-0.4, -0.2) is 57.8 Å². The number of piperidine rings is 1. The molecule has 3 heterocycles. The number of urea groups is 1. The number of nitrogens with one attached hydrogen (secondary N) is 1. The molecule has 7 nitrogen and oxygen atoms in total. The summed E-state index contributed by atoms with van der Waals surface area (Å²) in [6.07, 6.45) is 7.89. The molecule has 2 saturated heterocycles. The van der Waals surface area contributed by atoms with Gasteiger partial charge >= 0.3 is 6.03 Å². The van der Waals surface area contributed by atoms with Crippen LogP contribution >= 0.6 is 0 Å². The van der Waals surface area contributed by atoms with Crippen LogP contribution in [0.1, 0.15) is 51.5 Å². The lowest BCUT2D eigenvalue weighted by Crippen LogP contribution is -2.58. The lowest BCUT2D eigenvalue weighted by molar-refractivity contribution is -0.138. The van der Waals surface area contributed by atoms with Gasteiger partial charge < -0.3 is 9.80 Å². The Morgan fingerprint density at radius 3 is 2.64 bits per heavy atom. The number of likely N-dealkylation sites (tertiary alicyclic amines) is 1. The number of aromatic nitrogens is 1. The number of rotatable bonds is 7. The minimum atomic E-state index is -0.779. The summed E-state index contributed by atoms with van der Waals surface area (Å²) >= 11 is 0. The number of pyridine rings is 1. The van der Waals surface area contributed by atoms with Gasteiger partial charge in [0.25, 0.3) is 5.91 Å². The molecule has 1 spiro atoms. The van der Waals surface area contributed by atoms with Gasteiger partial charge in [-0.1, -0.05) is 19.9 Å². The maximum atomic E-state index is 12.6. The van der Waals surface area contributed by atoms with Crippen LogP contribution in [0.2, 0.25) is 0 Å². The van der Waals surface area contributed by atoms with E-state index >= 15 is 0 Å². The Bertz CT molecular complexity index is 712. The number of hydrogen-bond donors (Lipinski definition) is 1. The molecule has 1 N–H and O–H groups in total. The molecule has 4 amide bonds. The number of hydrogen-bond acceptors (Lipinski definition) is 4. The third kappa shape index (κ3) is 4.34. The molecule has 2 aliphatic rings. The Morgan fingerprint density at radius 1 is 1.25 bits per heavy atom. The first-order chi connectivity index (χ1) is 13.4. The second-order valence-corrected chi connectivity index (χ2v) is 8.24. The van der Waals surface area contributed by atoms with Gasteiger partial charge in [0.05, 0.1) is 0 Å². The number of unbranched alkanes of at least 4 members (excludes halogenated alkanes) is 1. The van der Waals surface area contributed by atoms with E-state index in [0.717, 1.165) is 19.3 Å². The molecule has 28 heavy (non-hydrogen) atoms. The van der Waals surface area contributed by atoms with Gasteiger partial charge in [-0.25, -0.2) is 4.79 Å². The van der Waals surface area contributed by atoms with E-state index in [-0.39, 0.29) is 23.8 Å². The van der Waals surface area contributed by atoms with E-state index < -0.39 is 5.54 Å². The van der Waals surface area contributed by atoms with E-state index in [2.05, 4.69) is 16.4 Å². The van der Waals surface area contributed by atoms with Gasteiger partial charge in [0.2, 0.25) is 5.91 Å². The molecule has 0 radical (unpaired) electrons. The molecule has 1 aromatic rings. The first kappa shape index (κ1) is 20.3. The van der Waals surface area contributed by atoms with Crippen molar-refractivity contribution < 1.29 is 14.4 Å². The first-order valence-electron chi connectivity index (χ1n) is 10.2. The van der Waals surface area contributed by atoms with Gasteiger partial charge in [-0.15, -0.1) is 0 Å². The minimum absolute atomic E-state index is 0.140. The number of amides is 4. The summed E-state index contributed by atoms with van der Waals surface area (Å²) in [4.78, 5) is 44.9. The van der Waals surface area contributed by atoms with E-state index in [4.69, 9.17) is 0 Å². The number of imide groups is 1. The number of carbonyl (C=O) groups excluding carboxylic acids is 3. The van der Waals surface area contributed by atoms with E-state index in [0.29, 0.717) is 38.9 Å². The third-order valence-electron chi connectivity index (χ3n) is 5.72. The fraction of sp³-hybridized carbons (Fsp3) is 0.619. The fourth-order valence-electron chi connectivity index (χ4n) is 4.15. The average Bonchev–Trinajstić information content (AvgIpc) is 2.90. The molecule has 1 aromatic heterocycles. The summed E-state index contributed by atoms with van der Waals surface area (Å²) in [5.41, 5.74) is 0.412. The van der Waals surface area contributed by atoms with Crippen molar-refractivity contribution in [3.8, 4) is 0 Å². The molecule has 0 unspecified atom stereocenters. The highest BCUT2D eigenvalue weighted by molar-refractivity contribution is 6.07. The van der Waals surface area contributed by atoms with Crippen LogP contribution < -0.4 is 5.32 Å². The molecule has 7 heteroatoms. The molecule has 2 fully saturated rings. The van der Waals surface area contributed by atoms with Crippen molar-refractivity contribution in [2.45, 2.75) is 57.9 Å². The Labute approximate surface area is 166 Å². The van der Waals surface area contributed by atoms with Crippen molar-refractivity contribution in [2.24, 2.45) is 5.92 Å². The normalized spacial score (nSPS) is 18.8. The minimum Gasteiger partial charge on any atom is -0.342 e. The highest BCUT2D eigenvalue weighted by atomic mass is 16.2. The van der Waals surface area contributed by atoms with Gasteiger partial charge in [0, 0.05) is 38.4 Å². The van der Waals surface area contributed by atoms with Gasteiger partial charge in [-0.05, 0) is 49.7 Å². The van der Waals surface area contributed by atoms with Crippen molar-refractivity contribution >= 4 is 17.8 Å². The topological polar surface area (TPSA) is 82.6 Å². The van der Waals surface area contributed by atoms with E-state index in [1.54, 1.807) is 11.1 Å². The van der Waals surface area contributed by atoms with Crippen molar-refractivity contribution in [1.82, 2.24) is 20.1 Å². The molecule has 0 aliphatic carbocycles. The van der Waals surface area contributed by atoms with Gasteiger partial charge in [-0.2, -0.15) is 0 Å². The van der Waals surface area contributed by atoms with Gasteiger partial charge in [0.1, 0.15) is 5.54 Å². The molecule has 0 bridgehead atoms. The Kier molecular flexibility index (Phi) is 6.31. The number of aryl methyl sites for hydroxylation is 1. The van der Waals surface area contributed by atoms with Crippen molar-refractivity contribution in [3.63, 3.8) is 0 Å². The quantitative estimate of drug-likeness (QED) is 0.576. The van der Waals surface area contributed by atoms with Crippen LogP contribution in [0.25, 0.3) is 0 Å². The molecule has 152 valence electrons.